The van der Waals surface area contributed by atoms with Gasteiger partial charge in [0.25, 0.3) is 0 Å². The van der Waals surface area contributed by atoms with E-state index in [0.29, 0.717) is 36.8 Å². The lowest BCUT2D eigenvalue weighted by atomic mass is 10.2. The average Bonchev–Trinajstić information content (AvgIpc) is 2.85. The molecule has 6 nitrogen and oxygen atoms in total. The number of nitrogens with zero attached hydrogens (tertiary/aromatic N) is 1. The van der Waals surface area contributed by atoms with Crippen molar-refractivity contribution in [2.45, 2.75) is 12.5 Å². The number of methoxy groups -OCH3 is 1. The first-order valence-corrected chi connectivity index (χ1v) is 7.56. The summed E-state index contributed by atoms with van der Waals surface area (Å²) in [5, 5.41) is 6.22. The molecule has 2 rings (SSSR count). The minimum Gasteiger partial charge on any atom is -0.383 e. The summed E-state index contributed by atoms with van der Waals surface area (Å²) in [6, 6.07) is 6.71. The summed E-state index contributed by atoms with van der Waals surface area (Å²) in [7, 11) is 1.60. The zero-order chi connectivity index (χ0) is 15.9. The van der Waals surface area contributed by atoms with E-state index in [0.717, 1.165) is 0 Å². The van der Waals surface area contributed by atoms with Crippen molar-refractivity contribution in [1.29, 1.82) is 0 Å². The average molecular weight is 362 g/mol. The normalized spacial score (nSPS) is 17.0. The Kier molecular flexibility index (Phi) is 8.33. The highest BCUT2D eigenvalue weighted by Gasteiger charge is 2.34. The molecule has 1 saturated heterocycles. The first-order valence-electron chi connectivity index (χ1n) is 7.18. The van der Waals surface area contributed by atoms with E-state index in [4.69, 9.17) is 16.3 Å². The van der Waals surface area contributed by atoms with E-state index in [1.54, 1.807) is 24.1 Å². The van der Waals surface area contributed by atoms with Gasteiger partial charge >= 0.3 is 0 Å². The lowest BCUT2D eigenvalue weighted by molar-refractivity contribution is -0.125. The number of benzene rings is 1. The minimum atomic E-state index is -0.493. The van der Waals surface area contributed by atoms with Gasteiger partial charge in [0.2, 0.25) is 11.8 Å². The third-order valence-corrected chi connectivity index (χ3v) is 3.77. The predicted molar refractivity (Wildman–Crippen MR) is 92.3 cm³/mol. The number of carbonyl (C=O) groups excluding carboxylic acids is 2. The largest absolute Gasteiger partial charge is 0.383 e. The third-order valence-electron chi connectivity index (χ3n) is 3.45. The van der Waals surface area contributed by atoms with E-state index < -0.39 is 6.04 Å². The lowest BCUT2D eigenvalue weighted by Gasteiger charge is -2.18. The van der Waals surface area contributed by atoms with Crippen LogP contribution in [0, 0.1) is 0 Å². The summed E-state index contributed by atoms with van der Waals surface area (Å²) in [6.07, 6.45) is 0.577. The molecule has 0 bridgehead atoms. The highest BCUT2D eigenvalue weighted by molar-refractivity contribution is 6.34. The van der Waals surface area contributed by atoms with Crippen LogP contribution in [-0.2, 0) is 14.3 Å². The second-order valence-electron chi connectivity index (χ2n) is 5.02. The Morgan fingerprint density at radius 1 is 1.43 bits per heavy atom. The molecule has 8 heteroatoms. The molecule has 1 unspecified atom stereocenters. The van der Waals surface area contributed by atoms with Crippen molar-refractivity contribution >= 4 is 41.5 Å². The number of halogens is 2. The molecule has 0 aromatic heterocycles. The zero-order valence-corrected chi connectivity index (χ0v) is 14.5. The van der Waals surface area contributed by atoms with Crippen molar-refractivity contribution < 1.29 is 14.3 Å². The predicted octanol–water partition coefficient (Wildman–Crippen LogP) is 1.22. The molecule has 0 saturated carbocycles. The maximum atomic E-state index is 12.4. The van der Waals surface area contributed by atoms with E-state index >= 15 is 0 Å². The van der Waals surface area contributed by atoms with E-state index in [-0.39, 0.29) is 30.8 Å². The number of nitrogens with one attached hydrogen (secondary N) is 2. The topological polar surface area (TPSA) is 70.7 Å². The number of hydrogen-bond acceptors (Lipinski definition) is 4. The molecule has 1 fully saturated rings. The Morgan fingerprint density at radius 2 is 2.17 bits per heavy atom. The van der Waals surface area contributed by atoms with E-state index in [9.17, 15) is 9.59 Å². The monoisotopic (exact) mass is 361 g/mol. The Morgan fingerprint density at radius 3 is 2.87 bits per heavy atom. The molecule has 1 aromatic rings. The van der Waals surface area contributed by atoms with Crippen molar-refractivity contribution in [2.24, 2.45) is 0 Å². The summed E-state index contributed by atoms with van der Waals surface area (Å²) < 4.78 is 4.88. The summed E-state index contributed by atoms with van der Waals surface area (Å²) in [6.45, 7) is 1.84. The fraction of sp³-hybridized carbons (Fsp3) is 0.467. The summed E-state index contributed by atoms with van der Waals surface area (Å²) in [5.41, 5.74) is 0.684. The van der Waals surface area contributed by atoms with Gasteiger partial charge < -0.3 is 20.3 Å². The Hall–Kier alpha value is -1.34. The number of hydrogen-bond donors (Lipinski definition) is 2. The van der Waals surface area contributed by atoms with E-state index in [2.05, 4.69) is 10.6 Å². The highest BCUT2D eigenvalue weighted by Crippen LogP contribution is 2.28. The lowest BCUT2D eigenvalue weighted by Crippen LogP contribution is -2.45. The van der Waals surface area contributed by atoms with Crippen LogP contribution in [0.5, 0.6) is 0 Å². The second-order valence-corrected chi connectivity index (χ2v) is 5.43. The fourth-order valence-corrected chi connectivity index (χ4v) is 2.58. The van der Waals surface area contributed by atoms with Crippen LogP contribution in [0.1, 0.15) is 6.42 Å². The number of ether oxygens (including phenoxy) is 1. The molecule has 128 valence electrons. The zero-order valence-electron chi connectivity index (χ0n) is 12.9. The van der Waals surface area contributed by atoms with E-state index in [1.165, 1.54) is 0 Å². The van der Waals surface area contributed by atoms with E-state index in [1.807, 2.05) is 12.1 Å². The van der Waals surface area contributed by atoms with Gasteiger partial charge in [-0.25, -0.2) is 0 Å². The second kappa shape index (κ2) is 9.72. The van der Waals surface area contributed by atoms with Crippen LogP contribution in [0.2, 0.25) is 5.02 Å². The number of para-hydroxylation sites is 1. The van der Waals surface area contributed by atoms with Crippen LogP contribution in [0.4, 0.5) is 5.69 Å². The van der Waals surface area contributed by atoms with Crippen molar-refractivity contribution in [1.82, 2.24) is 10.6 Å². The van der Waals surface area contributed by atoms with Crippen LogP contribution in [-0.4, -0.2) is 51.2 Å². The number of anilines is 1. The molecule has 1 atom stereocenters. The maximum Gasteiger partial charge on any atom is 0.249 e. The van der Waals surface area contributed by atoms with Crippen molar-refractivity contribution in [3.8, 4) is 0 Å². The summed E-state index contributed by atoms with van der Waals surface area (Å²) in [5.74, 6) is -0.325. The molecule has 1 aromatic carbocycles. The van der Waals surface area contributed by atoms with Gasteiger partial charge in [-0.2, -0.15) is 0 Å². The Labute approximate surface area is 146 Å². The van der Waals surface area contributed by atoms with Crippen molar-refractivity contribution in [3.63, 3.8) is 0 Å². The quantitative estimate of drug-likeness (QED) is 0.716. The van der Waals surface area contributed by atoms with Crippen LogP contribution in [0.3, 0.4) is 0 Å². The number of carbonyl (C=O) groups is 2. The van der Waals surface area contributed by atoms with Gasteiger partial charge in [0.05, 0.1) is 23.9 Å². The molecule has 2 amide bonds. The van der Waals surface area contributed by atoms with Crippen LogP contribution in [0.15, 0.2) is 24.3 Å². The highest BCUT2D eigenvalue weighted by atomic mass is 35.5. The number of rotatable bonds is 7. The molecule has 23 heavy (non-hydrogen) atoms. The molecule has 2 N–H and O–H groups in total. The van der Waals surface area contributed by atoms with Gasteiger partial charge in [0.15, 0.2) is 0 Å². The third kappa shape index (κ3) is 5.35. The van der Waals surface area contributed by atoms with Crippen molar-refractivity contribution in [3.05, 3.63) is 29.3 Å². The fourth-order valence-electron chi connectivity index (χ4n) is 2.35. The SMILES string of the molecule is COCCNCC(=O)NC1CCN(c2ccccc2Cl)C1=O.Cl. The van der Waals surface area contributed by atoms with Crippen molar-refractivity contribution in [2.75, 3.05) is 38.3 Å². The minimum absolute atomic E-state index is 0. The molecule has 0 spiro atoms. The first-order chi connectivity index (χ1) is 10.6. The van der Waals surface area contributed by atoms with Gasteiger partial charge in [-0.1, -0.05) is 23.7 Å². The molecule has 1 heterocycles. The molecule has 0 aliphatic carbocycles. The number of amides is 2. The van der Waals surface area contributed by atoms with Crippen LogP contribution in [0.25, 0.3) is 0 Å². The molecule has 1 aliphatic rings. The summed E-state index contributed by atoms with van der Waals surface area (Å²) in [4.78, 5) is 25.8. The maximum absolute atomic E-state index is 12.4. The smallest absolute Gasteiger partial charge is 0.249 e. The Bertz CT molecular complexity index is 542. The standard InChI is InChI=1S/C15H20ClN3O3.ClH/c1-22-9-7-17-10-14(20)18-12-6-8-19(15(12)21)13-5-3-2-4-11(13)16;/h2-5,12,17H,6-10H2,1H3,(H,18,20);1H. The summed E-state index contributed by atoms with van der Waals surface area (Å²) >= 11 is 6.12. The van der Waals surface area contributed by atoms with Crippen LogP contribution < -0.4 is 15.5 Å². The van der Waals surface area contributed by atoms with Crippen LogP contribution >= 0.6 is 24.0 Å². The molecule has 0 radical (unpaired) electrons. The van der Waals surface area contributed by atoms with Gasteiger partial charge in [-0.05, 0) is 18.6 Å². The van der Waals surface area contributed by atoms with Gasteiger partial charge in [0, 0.05) is 20.2 Å². The van der Waals surface area contributed by atoms with Gasteiger partial charge in [-0.3, -0.25) is 9.59 Å². The Balaban J connectivity index is 0.00000264. The van der Waals surface area contributed by atoms with Gasteiger partial charge in [0.1, 0.15) is 6.04 Å². The molecular weight excluding hydrogens is 341 g/mol. The molecule has 1 aliphatic heterocycles. The molecular formula is C15H21Cl2N3O3. The van der Waals surface area contributed by atoms with Gasteiger partial charge in [-0.15, -0.1) is 12.4 Å². The first kappa shape index (κ1) is 19.7.